The lowest BCUT2D eigenvalue weighted by Gasteiger charge is -2.07. The van der Waals surface area contributed by atoms with Crippen molar-refractivity contribution in [2.24, 2.45) is 0 Å². The molecule has 0 radical (unpaired) electrons. The summed E-state index contributed by atoms with van der Waals surface area (Å²) in [5.74, 6) is -1.87. The first-order chi connectivity index (χ1) is 9.58. The Bertz CT molecular complexity index is 478. The molecule has 0 saturated heterocycles. The number of halogens is 1. The van der Waals surface area contributed by atoms with Gasteiger partial charge in [-0.3, -0.25) is 4.79 Å². The van der Waals surface area contributed by atoms with Crippen LogP contribution in [0.25, 0.3) is 0 Å². The van der Waals surface area contributed by atoms with Crippen molar-refractivity contribution in [2.75, 3.05) is 34.0 Å². The van der Waals surface area contributed by atoms with Crippen molar-refractivity contribution in [3.05, 3.63) is 29.6 Å². The van der Waals surface area contributed by atoms with Gasteiger partial charge in [0.2, 0.25) is 0 Å². The normalized spacial score (nSPS) is 9.95. The van der Waals surface area contributed by atoms with E-state index in [-0.39, 0.29) is 11.3 Å². The zero-order chi connectivity index (χ0) is 15.0. The second-order valence-electron chi connectivity index (χ2n) is 3.76. The van der Waals surface area contributed by atoms with E-state index in [1.807, 2.05) is 0 Å². The van der Waals surface area contributed by atoms with E-state index < -0.39 is 24.3 Å². The molecule has 0 aliphatic heterocycles. The predicted molar refractivity (Wildman–Crippen MR) is 68.1 cm³/mol. The summed E-state index contributed by atoms with van der Waals surface area (Å²) in [6.45, 7) is 0.185. The Hall–Kier alpha value is -2.15. The largest absolute Gasteiger partial charge is 0.497 e. The maximum Gasteiger partial charge on any atom is 0.341 e. The molecular weight excluding hydrogens is 269 g/mol. The van der Waals surface area contributed by atoms with Crippen LogP contribution in [0.2, 0.25) is 0 Å². The number of rotatable bonds is 7. The van der Waals surface area contributed by atoms with Crippen LogP contribution >= 0.6 is 0 Å². The highest BCUT2D eigenvalue weighted by Gasteiger charge is 2.15. The van der Waals surface area contributed by atoms with Crippen LogP contribution in [-0.2, 0) is 14.3 Å². The van der Waals surface area contributed by atoms with Crippen molar-refractivity contribution >= 4 is 11.9 Å². The van der Waals surface area contributed by atoms with Gasteiger partial charge in [-0.15, -0.1) is 0 Å². The van der Waals surface area contributed by atoms with E-state index in [0.29, 0.717) is 13.2 Å². The zero-order valence-electron chi connectivity index (χ0n) is 11.3. The van der Waals surface area contributed by atoms with Crippen molar-refractivity contribution < 1.29 is 28.2 Å². The van der Waals surface area contributed by atoms with Crippen LogP contribution in [-0.4, -0.2) is 45.9 Å². The third kappa shape index (κ3) is 4.85. The second-order valence-corrected chi connectivity index (χ2v) is 3.76. The van der Waals surface area contributed by atoms with Gasteiger partial charge >= 0.3 is 5.97 Å². The van der Waals surface area contributed by atoms with Gasteiger partial charge in [-0.05, 0) is 12.1 Å². The van der Waals surface area contributed by atoms with Gasteiger partial charge in [-0.1, -0.05) is 0 Å². The molecule has 0 saturated carbocycles. The number of hydrogen-bond acceptors (Lipinski definition) is 5. The minimum Gasteiger partial charge on any atom is -0.497 e. The molecule has 1 rings (SSSR count). The number of nitrogens with one attached hydrogen (secondary N) is 1. The van der Waals surface area contributed by atoms with Gasteiger partial charge < -0.3 is 19.5 Å². The molecule has 0 aliphatic carbocycles. The van der Waals surface area contributed by atoms with E-state index >= 15 is 0 Å². The average Bonchev–Trinajstić information content (AvgIpc) is 2.44. The predicted octanol–water partition coefficient (Wildman–Crippen LogP) is 0.754. The Morgan fingerprint density at radius 2 is 2.05 bits per heavy atom. The van der Waals surface area contributed by atoms with Gasteiger partial charge in [-0.2, -0.15) is 0 Å². The average molecular weight is 285 g/mol. The smallest absolute Gasteiger partial charge is 0.341 e. The van der Waals surface area contributed by atoms with Crippen LogP contribution in [0.3, 0.4) is 0 Å². The molecule has 1 N–H and O–H groups in total. The van der Waals surface area contributed by atoms with Crippen LogP contribution in [0, 0.1) is 5.82 Å². The minimum absolute atomic E-state index is 0.254. The van der Waals surface area contributed by atoms with Crippen molar-refractivity contribution in [1.29, 1.82) is 0 Å². The summed E-state index contributed by atoms with van der Waals surface area (Å²) in [4.78, 5) is 22.9. The molecule has 1 aromatic carbocycles. The molecular formula is C13H16FNO5. The molecule has 0 atom stereocenters. The highest BCUT2D eigenvalue weighted by atomic mass is 19.1. The fraction of sp³-hybridized carbons (Fsp3) is 0.385. The number of esters is 1. The number of amides is 1. The van der Waals surface area contributed by atoms with E-state index in [1.165, 1.54) is 26.4 Å². The maximum atomic E-state index is 13.6. The number of ether oxygens (including phenoxy) is 3. The summed E-state index contributed by atoms with van der Waals surface area (Å²) >= 11 is 0. The quantitative estimate of drug-likeness (QED) is 0.591. The molecule has 0 heterocycles. The minimum atomic E-state index is -0.910. The molecule has 1 aromatic rings. The molecule has 6 nitrogen and oxygen atoms in total. The maximum absolute atomic E-state index is 13.6. The van der Waals surface area contributed by atoms with Crippen LogP contribution in [0.1, 0.15) is 10.4 Å². The van der Waals surface area contributed by atoms with E-state index in [0.717, 1.165) is 6.07 Å². The Balaban J connectivity index is 2.48. The SMILES string of the molecule is COCCNC(=O)COC(=O)c1ccc(OC)cc1F. The molecule has 0 spiro atoms. The summed E-state index contributed by atoms with van der Waals surface area (Å²) in [7, 11) is 2.88. The molecule has 20 heavy (non-hydrogen) atoms. The molecule has 1 amide bonds. The lowest BCUT2D eigenvalue weighted by Crippen LogP contribution is -2.31. The second kappa shape index (κ2) is 8.11. The number of hydrogen-bond donors (Lipinski definition) is 1. The Labute approximate surface area is 115 Å². The van der Waals surface area contributed by atoms with E-state index in [4.69, 9.17) is 14.2 Å². The number of carbonyl (C=O) groups is 2. The van der Waals surface area contributed by atoms with Crippen molar-refractivity contribution in [1.82, 2.24) is 5.32 Å². The van der Waals surface area contributed by atoms with Crippen LogP contribution in [0.15, 0.2) is 18.2 Å². The third-order valence-electron chi connectivity index (χ3n) is 2.36. The molecule has 0 fully saturated rings. The molecule has 0 bridgehead atoms. The molecule has 0 aromatic heterocycles. The van der Waals surface area contributed by atoms with E-state index in [9.17, 15) is 14.0 Å². The lowest BCUT2D eigenvalue weighted by molar-refractivity contribution is -0.124. The summed E-state index contributed by atoms with van der Waals surface area (Å²) in [6.07, 6.45) is 0. The van der Waals surface area contributed by atoms with Crippen LogP contribution in [0.5, 0.6) is 5.75 Å². The first kappa shape index (κ1) is 15.9. The first-order valence-corrected chi connectivity index (χ1v) is 5.84. The van der Waals surface area contributed by atoms with Crippen molar-refractivity contribution in [2.45, 2.75) is 0 Å². The molecule has 0 aliphatic rings. The van der Waals surface area contributed by atoms with Gasteiger partial charge in [0.05, 0.1) is 19.3 Å². The van der Waals surface area contributed by atoms with Crippen molar-refractivity contribution in [3.8, 4) is 5.75 Å². The van der Waals surface area contributed by atoms with Crippen LogP contribution < -0.4 is 10.1 Å². The molecule has 110 valence electrons. The highest BCUT2D eigenvalue weighted by molar-refractivity contribution is 5.91. The highest BCUT2D eigenvalue weighted by Crippen LogP contribution is 2.16. The number of methoxy groups -OCH3 is 2. The van der Waals surface area contributed by atoms with Gasteiger partial charge in [0.1, 0.15) is 11.6 Å². The summed E-state index contributed by atoms with van der Waals surface area (Å²) in [5, 5.41) is 2.47. The van der Waals surface area contributed by atoms with Crippen molar-refractivity contribution in [3.63, 3.8) is 0 Å². The summed E-state index contributed by atoms with van der Waals surface area (Å²) < 4.78 is 27.8. The van der Waals surface area contributed by atoms with E-state index in [1.54, 1.807) is 0 Å². The van der Waals surface area contributed by atoms with E-state index in [2.05, 4.69) is 5.32 Å². The fourth-order valence-electron chi connectivity index (χ4n) is 1.34. The lowest BCUT2D eigenvalue weighted by atomic mass is 10.2. The topological polar surface area (TPSA) is 73.9 Å². The van der Waals surface area contributed by atoms with Gasteiger partial charge in [0.15, 0.2) is 6.61 Å². The summed E-state index contributed by atoms with van der Waals surface area (Å²) in [5.41, 5.74) is -0.254. The van der Waals surface area contributed by atoms with Gasteiger partial charge in [0.25, 0.3) is 5.91 Å². The number of benzene rings is 1. The standard InChI is InChI=1S/C13H16FNO5/c1-18-6-5-15-12(16)8-20-13(17)10-4-3-9(19-2)7-11(10)14/h3-4,7H,5-6,8H2,1-2H3,(H,15,16). The third-order valence-corrected chi connectivity index (χ3v) is 2.36. The molecule has 0 unspecified atom stereocenters. The Morgan fingerprint density at radius 1 is 1.30 bits per heavy atom. The monoisotopic (exact) mass is 285 g/mol. The Kier molecular flexibility index (Phi) is 6.45. The zero-order valence-corrected chi connectivity index (χ0v) is 11.3. The Morgan fingerprint density at radius 3 is 2.65 bits per heavy atom. The fourth-order valence-corrected chi connectivity index (χ4v) is 1.34. The molecule has 7 heteroatoms. The van der Waals surface area contributed by atoms with Crippen LogP contribution in [0.4, 0.5) is 4.39 Å². The first-order valence-electron chi connectivity index (χ1n) is 5.84. The number of carbonyl (C=O) groups excluding carboxylic acids is 2. The summed E-state index contributed by atoms with van der Waals surface area (Å²) in [6, 6.07) is 3.73. The van der Waals surface area contributed by atoms with Gasteiger partial charge in [0, 0.05) is 19.7 Å². The van der Waals surface area contributed by atoms with Gasteiger partial charge in [-0.25, -0.2) is 9.18 Å².